The van der Waals surface area contributed by atoms with Gasteiger partial charge in [0.15, 0.2) is 23.0 Å². The van der Waals surface area contributed by atoms with Crippen molar-refractivity contribution < 1.29 is 42.7 Å². The molecule has 0 bridgehead atoms. The lowest BCUT2D eigenvalue weighted by molar-refractivity contribution is -0.139. The minimum absolute atomic E-state index is 0.159. The number of ether oxygens (including phenoxy) is 7. The predicted octanol–water partition coefficient (Wildman–Crippen LogP) is 4.22. The van der Waals surface area contributed by atoms with E-state index in [2.05, 4.69) is 0 Å². The molecule has 3 rings (SSSR count). The van der Waals surface area contributed by atoms with Gasteiger partial charge >= 0.3 is 11.9 Å². The van der Waals surface area contributed by atoms with Crippen LogP contribution < -0.4 is 23.7 Å². The highest BCUT2D eigenvalue weighted by molar-refractivity contribution is 5.98. The third-order valence-corrected chi connectivity index (χ3v) is 6.09. The fourth-order valence-corrected chi connectivity index (χ4v) is 4.39. The Morgan fingerprint density at radius 3 is 1.64 bits per heavy atom. The summed E-state index contributed by atoms with van der Waals surface area (Å²) in [6.07, 6.45) is 3.34. The third kappa shape index (κ3) is 6.39. The second-order valence-electron chi connectivity index (χ2n) is 8.36. The number of carbonyl (C=O) groups excluding carboxylic acids is 2. The first kappa shape index (κ1) is 29.2. The summed E-state index contributed by atoms with van der Waals surface area (Å²) in [5.41, 5.74) is 1.92. The molecule has 1 heterocycles. The smallest absolute Gasteiger partial charge is 0.336 e. The van der Waals surface area contributed by atoms with E-state index in [1.54, 1.807) is 63.6 Å². The second-order valence-corrected chi connectivity index (χ2v) is 8.36. The van der Waals surface area contributed by atoms with E-state index in [1.165, 1.54) is 21.3 Å². The lowest BCUT2D eigenvalue weighted by Crippen LogP contribution is -2.29. The van der Waals surface area contributed by atoms with Crippen LogP contribution in [0.15, 0.2) is 53.9 Å². The normalized spacial score (nSPS) is 13.2. The maximum atomic E-state index is 13.3. The first-order valence-electron chi connectivity index (χ1n) is 12.4. The Morgan fingerprint density at radius 2 is 1.21 bits per heavy atom. The van der Waals surface area contributed by atoms with Crippen LogP contribution in [0, 0.1) is 0 Å². The standard InChI is InChI=1S/C29H35NO9/c1-8-38-28(31)20-16-30(15-18-10-11-22(33-3)23(12-18)34-4)17-21(29(32)39-9-2)26(20)19-13-24(35-5)27(37-7)25(14-19)36-6/h10-14,16-17,26H,8-9,15H2,1-7H3. The van der Waals surface area contributed by atoms with E-state index >= 15 is 0 Å². The number of hydrogen-bond donors (Lipinski definition) is 0. The van der Waals surface area contributed by atoms with Gasteiger partial charge in [-0.1, -0.05) is 6.07 Å². The van der Waals surface area contributed by atoms with E-state index in [9.17, 15) is 9.59 Å². The van der Waals surface area contributed by atoms with Crippen molar-refractivity contribution in [2.24, 2.45) is 0 Å². The monoisotopic (exact) mass is 541 g/mol. The fourth-order valence-electron chi connectivity index (χ4n) is 4.39. The van der Waals surface area contributed by atoms with Crippen molar-refractivity contribution in [1.82, 2.24) is 4.90 Å². The zero-order valence-corrected chi connectivity index (χ0v) is 23.4. The predicted molar refractivity (Wildman–Crippen MR) is 143 cm³/mol. The van der Waals surface area contributed by atoms with Crippen LogP contribution in [0.3, 0.4) is 0 Å². The van der Waals surface area contributed by atoms with Crippen LogP contribution in [0.4, 0.5) is 0 Å². The van der Waals surface area contributed by atoms with E-state index < -0.39 is 17.9 Å². The molecule has 2 aromatic rings. The molecule has 0 saturated heterocycles. The Bertz CT molecular complexity index is 1190. The van der Waals surface area contributed by atoms with Crippen molar-refractivity contribution in [3.63, 3.8) is 0 Å². The molecule has 0 N–H and O–H groups in total. The lowest BCUT2D eigenvalue weighted by Gasteiger charge is -2.31. The van der Waals surface area contributed by atoms with Crippen molar-refractivity contribution in [1.29, 1.82) is 0 Å². The molecule has 0 amide bonds. The third-order valence-electron chi connectivity index (χ3n) is 6.09. The number of hydrogen-bond acceptors (Lipinski definition) is 10. The zero-order chi connectivity index (χ0) is 28.5. The molecule has 0 unspecified atom stereocenters. The highest BCUT2D eigenvalue weighted by Crippen LogP contribution is 2.45. The van der Waals surface area contributed by atoms with E-state index in [0.29, 0.717) is 40.9 Å². The van der Waals surface area contributed by atoms with Crippen molar-refractivity contribution in [3.05, 3.63) is 65.0 Å². The summed E-state index contributed by atoms with van der Waals surface area (Å²) in [4.78, 5) is 28.3. The quantitative estimate of drug-likeness (QED) is 0.363. The van der Waals surface area contributed by atoms with Gasteiger partial charge in [-0.15, -0.1) is 0 Å². The Morgan fingerprint density at radius 1 is 0.692 bits per heavy atom. The van der Waals surface area contributed by atoms with Crippen molar-refractivity contribution in [2.45, 2.75) is 26.3 Å². The largest absolute Gasteiger partial charge is 0.493 e. The van der Waals surface area contributed by atoms with Gasteiger partial charge in [0.05, 0.1) is 65.8 Å². The second kappa shape index (κ2) is 13.5. The summed E-state index contributed by atoms with van der Waals surface area (Å²) in [5, 5.41) is 0. The van der Waals surface area contributed by atoms with Gasteiger partial charge in [-0.05, 0) is 49.2 Å². The van der Waals surface area contributed by atoms with Gasteiger partial charge in [0.2, 0.25) is 5.75 Å². The molecule has 0 aliphatic carbocycles. The first-order valence-corrected chi connectivity index (χ1v) is 12.4. The van der Waals surface area contributed by atoms with Crippen LogP contribution in [-0.2, 0) is 25.6 Å². The van der Waals surface area contributed by atoms with Gasteiger partial charge in [-0.2, -0.15) is 0 Å². The number of carbonyl (C=O) groups is 2. The van der Waals surface area contributed by atoms with Crippen molar-refractivity contribution in [2.75, 3.05) is 48.8 Å². The fraction of sp³-hybridized carbons (Fsp3) is 0.379. The Hall–Kier alpha value is -4.34. The summed E-state index contributed by atoms with van der Waals surface area (Å²) in [7, 11) is 7.62. The molecule has 0 radical (unpaired) electrons. The van der Waals surface area contributed by atoms with Gasteiger partial charge in [0.25, 0.3) is 0 Å². The topological polar surface area (TPSA) is 102 Å². The number of benzene rings is 2. The molecule has 210 valence electrons. The maximum absolute atomic E-state index is 13.3. The minimum atomic E-state index is -0.821. The average molecular weight is 542 g/mol. The Kier molecular flexibility index (Phi) is 10.1. The molecule has 2 aromatic carbocycles. The van der Waals surface area contributed by atoms with Gasteiger partial charge in [0.1, 0.15) is 0 Å². The Balaban J connectivity index is 2.18. The zero-order valence-electron chi connectivity index (χ0n) is 23.4. The highest BCUT2D eigenvalue weighted by Gasteiger charge is 2.37. The van der Waals surface area contributed by atoms with Crippen LogP contribution in [0.1, 0.15) is 30.9 Å². The van der Waals surface area contributed by atoms with E-state index in [-0.39, 0.29) is 24.4 Å². The molecule has 10 nitrogen and oxygen atoms in total. The highest BCUT2D eigenvalue weighted by atomic mass is 16.5. The molecule has 39 heavy (non-hydrogen) atoms. The van der Waals surface area contributed by atoms with Gasteiger partial charge in [-0.25, -0.2) is 9.59 Å². The molecule has 0 atom stereocenters. The van der Waals surface area contributed by atoms with E-state index in [1.807, 2.05) is 12.1 Å². The number of esters is 2. The van der Waals surface area contributed by atoms with Gasteiger partial charge in [0, 0.05) is 18.9 Å². The average Bonchev–Trinajstić information content (AvgIpc) is 2.95. The molecule has 1 aliphatic heterocycles. The molecular formula is C29H35NO9. The summed E-state index contributed by atoms with van der Waals surface area (Å²) in [6, 6.07) is 8.91. The minimum Gasteiger partial charge on any atom is -0.493 e. The lowest BCUT2D eigenvalue weighted by atomic mass is 9.83. The van der Waals surface area contributed by atoms with Crippen LogP contribution in [0.5, 0.6) is 28.7 Å². The molecule has 1 aliphatic rings. The number of nitrogens with zero attached hydrogens (tertiary/aromatic N) is 1. The Labute approximate surface area is 228 Å². The van der Waals surface area contributed by atoms with Crippen LogP contribution in [0.25, 0.3) is 0 Å². The molecule has 10 heteroatoms. The molecule has 0 spiro atoms. The van der Waals surface area contributed by atoms with Crippen LogP contribution >= 0.6 is 0 Å². The van der Waals surface area contributed by atoms with E-state index in [4.69, 9.17) is 33.2 Å². The summed E-state index contributed by atoms with van der Waals surface area (Å²) in [6.45, 7) is 4.09. The molecular weight excluding hydrogens is 506 g/mol. The SMILES string of the molecule is CCOC(=O)C1=CN(Cc2ccc(OC)c(OC)c2)C=C(C(=O)OCC)C1c1cc(OC)c(OC)c(OC)c1. The molecule has 0 saturated carbocycles. The number of methoxy groups -OCH3 is 5. The summed E-state index contributed by atoms with van der Waals surface area (Å²) in [5.74, 6) is 0.347. The summed E-state index contributed by atoms with van der Waals surface area (Å²) < 4.78 is 38.1. The van der Waals surface area contributed by atoms with Crippen molar-refractivity contribution >= 4 is 11.9 Å². The summed E-state index contributed by atoms with van der Waals surface area (Å²) >= 11 is 0. The van der Waals surface area contributed by atoms with E-state index in [0.717, 1.165) is 5.56 Å². The van der Waals surface area contributed by atoms with Crippen LogP contribution in [0.2, 0.25) is 0 Å². The van der Waals surface area contributed by atoms with Crippen molar-refractivity contribution in [3.8, 4) is 28.7 Å². The maximum Gasteiger partial charge on any atom is 0.336 e. The van der Waals surface area contributed by atoms with Gasteiger partial charge < -0.3 is 38.1 Å². The number of rotatable bonds is 12. The van der Waals surface area contributed by atoms with Crippen LogP contribution in [-0.4, -0.2) is 65.6 Å². The van der Waals surface area contributed by atoms with Gasteiger partial charge in [-0.3, -0.25) is 0 Å². The molecule has 0 fully saturated rings. The first-order chi connectivity index (χ1) is 18.8. The molecule has 0 aromatic heterocycles.